The topological polar surface area (TPSA) is 50.8 Å². The maximum atomic E-state index is 12.3. The van der Waals surface area contributed by atoms with Gasteiger partial charge >= 0.3 is 6.03 Å². The largest absolute Gasteiger partial charge is 0.382 e. The fourth-order valence-corrected chi connectivity index (χ4v) is 3.25. The highest BCUT2D eigenvalue weighted by molar-refractivity contribution is 5.74. The molecule has 0 aromatic rings. The summed E-state index contributed by atoms with van der Waals surface area (Å²) in [5.74, 6) is 0.778. The molecular formula is C15H28N2O3. The quantitative estimate of drug-likeness (QED) is 0.859. The fraction of sp³-hybridized carbons (Fsp3) is 0.933. The Balaban J connectivity index is 1.78. The molecule has 5 nitrogen and oxygen atoms in total. The Morgan fingerprint density at radius 2 is 2.30 bits per heavy atom. The minimum atomic E-state index is 0.00856. The van der Waals surface area contributed by atoms with Crippen LogP contribution in [0.25, 0.3) is 0 Å². The zero-order valence-corrected chi connectivity index (χ0v) is 12.8. The molecule has 5 heteroatoms. The predicted octanol–water partition coefficient (Wildman–Crippen LogP) is 2.01. The number of nitrogens with zero attached hydrogens (tertiary/aromatic N) is 1. The van der Waals surface area contributed by atoms with Gasteiger partial charge in [-0.2, -0.15) is 0 Å². The number of hydrogen-bond donors (Lipinski definition) is 1. The van der Waals surface area contributed by atoms with Crippen LogP contribution in [0.1, 0.15) is 39.0 Å². The number of carbonyl (C=O) groups excluding carboxylic acids is 1. The Hall–Kier alpha value is -0.810. The standard InChI is InChI=1S/C15H28N2O3/c1-3-12-5-4-6-13(9-12)16-15(18)17-7-8-20-14(10-17)11-19-2/h12-14H,3-11H2,1-2H3,(H,16,18). The monoisotopic (exact) mass is 284 g/mol. The summed E-state index contributed by atoms with van der Waals surface area (Å²) in [4.78, 5) is 14.2. The number of morpholine rings is 1. The molecule has 1 heterocycles. The van der Waals surface area contributed by atoms with Crippen LogP contribution in [-0.2, 0) is 9.47 Å². The third-order valence-electron chi connectivity index (χ3n) is 4.47. The van der Waals surface area contributed by atoms with Gasteiger partial charge in [-0.25, -0.2) is 4.79 Å². The fourth-order valence-electron chi connectivity index (χ4n) is 3.25. The maximum absolute atomic E-state index is 12.3. The van der Waals surface area contributed by atoms with Gasteiger partial charge in [0.2, 0.25) is 0 Å². The predicted molar refractivity (Wildman–Crippen MR) is 77.8 cm³/mol. The minimum absolute atomic E-state index is 0.00856. The lowest BCUT2D eigenvalue weighted by Gasteiger charge is -2.35. The highest BCUT2D eigenvalue weighted by Crippen LogP contribution is 2.26. The van der Waals surface area contributed by atoms with Gasteiger partial charge in [0.15, 0.2) is 0 Å². The van der Waals surface area contributed by atoms with Gasteiger partial charge in [0.05, 0.1) is 25.9 Å². The van der Waals surface area contributed by atoms with Crippen LogP contribution in [0, 0.1) is 5.92 Å². The summed E-state index contributed by atoms with van der Waals surface area (Å²) in [6.45, 7) is 4.70. The second kappa shape index (κ2) is 7.84. The van der Waals surface area contributed by atoms with Gasteiger partial charge in [-0.3, -0.25) is 0 Å². The first-order valence-corrected chi connectivity index (χ1v) is 7.89. The van der Waals surface area contributed by atoms with E-state index in [0.717, 1.165) is 18.8 Å². The molecule has 3 unspecified atom stereocenters. The van der Waals surface area contributed by atoms with Gasteiger partial charge in [0.1, 0.15) is 0 Å². The van der Waals surface area contributed by atoms with Crippen molar-refractivity contribution < 1.29 is 14.3 Å². The van der Waals surface area contributed by atoms with Gasteiger partial charge in [-0.15, -0.1) is 0 Å². The van der Waals surface area contributed by atoms with Crippen LogP contribution < -0.4 is 5.32 Å². The Morgan fingerprint density at radius 1 is 1.45 bits per heavy atom. The summed E-state index contributed by atoms with van der Waals surface area (Å²) in [6, 6.07) is 0.418. The van der Waals surface area contributed by atoms with Crippen molar-refractivity contribution in [2.75, 3.05) is 33.4 Å². The summed E-state index contributed by atoms with van der Waals surface area (Å²) in [5.41, 5.74) is 0. The summed E-state index contributed by atoms with van der Waals surface area (Å²) in [7, 11) is 1.66. The lowest BCUT2D eigenvalue weighted by molar-refractivity contribution is -0.0497. The third-order valence-corrected chi connectivity index (χ3v) is 4.47. The summed E-state index contributed by atoms with van der Waals surface area (Å²) in [5, 5.41) is 3.21. The average molecular weight is 284 g/mol. The van der Waals surface area contributed by atoms with Crippen molar-refractivity contribution in [3.63, 3.8) is 0 Å². The van der Waals surface area contributed by atoms with E-state index in [0.29, 0.717) is 32.3 Å². The summed E-state index contributed by atoms with van der Waals surface area (Å²) >= 11 is 0. The maximum Gasteiger partial charge on any atom is 0.317 e. The van der Waals surface area contributed by atoms with Crippen LogP contribution in [0.3, 0.4) is 0 Å². The molecule has 0 radical (unpaired) electrons. The van der Waals surface area contributed by atoms with Crippen LogP contribution in [0.15, 0.2) is 0 Å². The number of amides is 2. The van der Waals surface area contributed by atoms with Crippen LogP contribution in [-0.4, -0.2) is 56.5 Å². The first kappa shape index (κ1) is 15.6. The molecular weight excluding hydrogens is 256 g/mol. The second-order valence-corrected chi connectivity index (χ2v) is 5.98. The Bertz CT molecular complexity index is 309. The van der Waals surface area contributed by atoms with E-state index in [9.17, 15) is 4.79 Å². The van der Waals surface area contributed by atoms with Crippen molar-refractivity contribution in [2.24, 2.45) is 5.92 Å². The Morgan fingerprint density at radius 3 is 3.05 bits per heavy atom. The van der Waals surface area contributed by atoms with E-state index in [1.54, 1.807) is 7.11 Å². The number of rotatable bonds is 4. The summed E-state index contributed by atoms with van der Waals surface area (Å²) < 4.78 is 10.7. The highest BCUT2D eigenvalue weighted by atomic mass is 16.5. The molecule has 2 fully saturated rings. The Kier molecular flexibility index (Phi) is 6.10. The van der Waals surface area contributed by atoms with Crippen molar-refractivity contribution in [3.05, 3.63) is 0 Å². The Labute approximate surface area is 122 Å². The molecule has 3 atom stereocenters. The van der Waals surface area contributed by atoms with E-state index >= 15 is 0 Å². The van der Waals surface area contributed by atoms with Crippen LogP contribution in [0.2, 0.25) is 0 Å². The molecule has 0 aromatic heterocycles. The first-order valence-electron chi connectivity index (χ1n) is 7.89. The van der Waals surface area contributed by atoms with Gasteiger partial charge in [-0.05, 0) is 18.8 Å². The van der Waals surface area contributed by atoms with Crippen molar-refractivity contribution in [3.8, 4) is 0 Å². The number of urea groups is 1. The smallest absolute Gasteiger partial charge is 0.317 e. The van der Waals surface area contributed by atoms with Crippen molar-refractivity contribution in [1.82, 2.24) is 10.2 Å². The van der Waals surface area contributed by atoms with Gasteiger partial charge < -0.3 is 19.7 Å². The number of hydrogen-bond acceptors (Lipinski definition) is 3. The van der Waals surface area contributed by atoms with E-state index in [1.165, 1.54) is 19.3 Å². The van der Waals surface area contributed by atoms with Crippen LogP contribution in [0.4, 0.5) is 4.79 Å². The van der Waals surface area contributed by atoms with Crippen molar-refractivity contribution in [2.45, 2.75) is 51.2 Å². The van der Waals surface area contributed by atoms with Gasteiger partial charge in [0, 0.05) is 19.7 Å². The molecule has 20 heavy (non-hydrogen) atoms. The van der Waals surface area contributed by atoms with Gasteiger partial charge in [0.25, 0.3) is 0 Å². The van der Waals surface area contributed by atoms with E-state index in [1.807, 2.05) is 4.90 Å². The normalized spacial score (nSPS) is 31.1. The molecule has 2 aliphatic rings. The van der Waals surface area contributed by atoms with Crippen molar-refractivity contribution >= 4 is 6.03 Å². The molecule has 1 aliphatic heterocycles. The number of ether oxygens (including phenoxy) is 2. The average Bonchev–Trinajstić information content (AvgIpc) is 2.48. The second-order valence-electron chi connectivity index (χ2n) is 5.98. The molecule has 2 rings (SSSR count). The SMILES string of the molecule is CCC1CCCC(NC(=O)N2CCOC(COC)C2)C1. The van der Waals surface area contributed by atoms with E-state index < -0.39 is 0 Å². The lowest BCUT2D eigenvalue weighted by Crippen LogP contribution is -2.53. The number of carbonyl (C=O) groups is 1. The zero-order chi connectivity index (χ0) is 14.4. The molecule has 0 aromatic carbocycles. The van der Waals surface area contributed by atoms with E-state index in [4.69, 9.17) is 9.47 Å². The molecule has 0 spiro atoms. The van der Waals surface area contributed by atoms with Crippen LogP contribution in [0.5, 0.6) is 0 Å². The first-order chi connectivity index (χ1) is 9.72. The molecule has 116 valence electrons. The van der Waals surface area contributed by atoms with Gasteiger partial charge in [-0.1, -0.05) is 26.2 Å². The molecule has 0 bridgehead atoms. The molecule has 1 aliphatic carbocycles. The summed E-state index contributed by atoms with van der Waals surface area (Å²) in [6.07, 6.45) is 6.03. The third kappa shape index (κ3) is 4.35. The lowest BCUT2D eigenvalue weighted by atomic mass is 9.84. The molecule has 2 amide bonds. The molecule has 1 N–H and O–H groups in total. The highest BCUT2D eigenvalue weighted by Gasteiger charge is 2.27. The van der Waals surface area contributed by atoms with E-state index in [-0.39, 0.29) is 12.1 Å². The minimum Gasteiger partial charge on any atom is -0.382 e. The molecule has 1 saturated heterocycles. The number of nitrogens with one attached hydrogen (secondary N) is 1. The molecule has 1 saturated carbocycles. The number of methoxy groups -OCH3 is 1. The van der Waals surface area contributed by atoms with Crippen molar-refractivity contribution in [1.29, 1.82) is 0 Å². The van der Waals surface area contributed by atoms with E-state index in [2.05, 4.69) is 12.2 Å². The zero-order valence-electron chi connectivity index (χ0n) is 12.8. The van der Waals surface area contributed by atoms with Crippen LogP contribution >= 0.6 is 0 Å².